The van der Waals surface area contributed by atoms with Crippen molar-refractivity contribution in [2.24, 2.45) is 0 Å². The van der Waals surface area contributed by atoms with Gasteiger partial charge in [0, 0.05) is 11.9 Å². The number of amides is 1. The average molecular weight is 324 g/mol. The molecule has 2 rings (SSSR count). The van der Waals surface area contributed by atoms with E-state index in [4.69, 9.17) is 21.4 Å². The van der Waals surface area contributed by atoms with Crippen molar-refractivity contribution in [2.75, 3.05) is 38.2 Å². The summed E-state index contributed by atoms with van der Waals surface area (Å²) in [6.45, 7) is 1.44. The van der Waals surface area contributed by atoms with E-state index in [9.17, 15) is 4.79 Å². The molecule has 2 aromatic rings. The predicted octanol–water partition coefficient (Wildman–Crippen LogP) is 1.43. The van der Waals surface area contributed by atoms with E-state index in [1.807, 2.05) is 18.2 Å². The molecule has 0 saturated heterocycles. The fraction of sp³-hybridized carbons (Fsp3) is 0.333. The lowest BCUT2D eigenvalue weighted by atomic mass is 10.2. The molecule has 0 aliphatic rings. The first-order valence-electron chi connectivity index (χ1n) is 6.95. The van der Waals surface area contributed by atoms with E-state index in [0.29, 0.717) is 36.1 Å². The number of aliphatic hydroxyl groups excluding tert-OH is 1. The Morgan fingerprint density at radius 3 is 2.95 bits per heavy atom. The number of aliphatic hydroxyl groups is 1. The van der Waals surface area contributed by atoms with Crippen molar-refractivity contribution >= 4 is 34.1 Å². The number of nitrogens with one attached hydrogen (secondary N) is 2. The molecule has 1 heterocycles. The Kier molecular flexibility index (Phi) is 6.54. The molecule has 0 atom stereocenters. The smallest absolute Gasteiger partial charge is 0.238 e. The number of aromatic nitrogens is 1. The van der Waals surface area contributed by atoms with Crippen LogP contribution in [0, 0.1) is 0 Å². The summed E-state index contributed by atoms with van der Waals surface area (Å²) in [5.41, 5.74) is 1.29. The van der Waals surface area contributed by atoms with Crippen molar-refractivity contribution < 1.29 is 14.6 Å². The molecular formula is C15H18ClN3O3. The Morgan fingerprint density at radius 1 is 1.27 bits per heavy atom. The van der Waals surface area contributed by atoms with Crippen LogP contribution in [-0.2, 0) is 9.53 Å². The van der Waals surface area contributed by atoms with Gasteiger partial charge in [-0.15, -0.1) is 0 Å². The zero-order valence-corrected chi connectivity index (χ0v) is 12.8. The van der Waals surface area contributed by atoms with Crippen molar-refractivity contribution in [2.45, 2.75) is 0 Å². The van der Waals surface area contributed by atoms with E-state index in [1.165, 1.54) is 0 Å². The molecule has 0 saturated carbocycles. The normalized spacial score (nSPS) is 10.8. The number of hydrogen-bond donors (Lipinski definition) is 3. The van der Waals surface area contributed by atoms with Gasteiger partial charge in [-0.1, -0.05) is 23.7 Å². The maximum atomic E-state index is 11.9. The highest BCUT2D eigenvalue weighted by Gasteiger charge is 2.07. The number of hydrogen-bond acceptors (Lipinski definition) is 5. The Labute approximate surface area is 133 Å². The number of carbonyl (C=O) groups excluding carboxylic acids is 1. The number of para-hydroxylation sites is 1. The summed E-state index contributed by atoms with van der Waals surface area (Å²) in [7, 11) is 0. The van der Waals surface area contributed by atoms with Crippen LogP contribution in [0.3, 0.4) is 0 Å². The van der Waals surface area contributed by atoms with E-state index in [2.05, 4.69) is 15.6 Å². The minimum atomic E-state index is -0.170. The van der Waals surface area contributed by atoms with Crippen LogP contribution in [0.5, 0.6) is 0 Å². The quantitative estimate of drug-likeness (QED) is 0.505. The number of nitrogens with zero attached hydrogens (tertiary/aromatic N) is 1. The van der Waals surface area contributed by atoms with Crippen LogP contribution >= 0.6 is 11.6 Å². The lowest BCUT2D eigenvalue weighted by Crippen LogP contribution is -2.30. The van der Waals surface area contributed by atoms with E-state index >= 15 is 0 Å². The van der Waals surface area contributed by atoms with Crippen molar-refractivity contribution in [1.29, 1.82) is 0 Å². The Morgan fingerprint density at radius 2 is 2.14 bits per heavy atom. The molecule has 1 amide bonds. The third-order valence-corrected chi connectivity index (χ3v) is 3.12. The van der Waals surface area contributed by atoms with Gasteiger partial charge in [0.1, 0.15) is 5.15 Å². The standard InChI is InChI=1S/C15H18ClN3O3/c16-13-5-4-11-2-1-3-12(15(11)19-13)18-14(21)10-17-6-8-22-9-7-20/h1-5,17,20H,6-10H2,(H,18,21). The lowest BCUT2D eigenvalue weighted by molar-refractivity contribution is -0.115. The van der Waals surface area contributed by atoms with Crippen LogP contribution in [-0.4, -0.2) is 48.9 Å². The van der Waals surface area contributed by atoms with Gasteiger partial charge < -0.3 is 20.5 Å². The molecule has 1 aromatic carbocycles. The highest BCUT2D eigenvalue weighted by atomic mass is 35.5. The maximum absolute atomic E-state index is 11.9. The maximum Gasteiger partial charge on any atom is 0.238 e. The number of fused-ring (bicyclic) bond motifs is 1. The Hall–Kier alpha value is -1.73. The molecule has 0 fully saturated rings. The Balaban J connectivity index is 1.88. The molecule has 22 heavy (non-hydrogen) atoms. The topological polar surface area (TPSA) is 83.5 Å². The predicted molar refractivity (Wildman–Crippen MR) is 86.2 cm³/mol. The molecule has 0 unspecified atom stereocenters. The molecule has 1 aromatic heterocycles. The number of halogens is 1. The zero-order chi connectivity index (χ0) is 15.8. The van der Waals surface area contributed by atoms with E-state index < -0.39 is 0 Å². The van der Waals surface area contributed by atoms with Crippen LogP contribution in [0.1, 0.15) is 0 Å². The number of anilines is 1. The molecule has 3 N–H and O–H groups in total. The molecule has 118 valence electrons. The third-order valence-electron chi connectivity index (χ3n) is 2.90. The monoisotopic (exact) mass is 323 g/mol. The highest BCUT2D eigenvalue weighted by Crippen LogP contribution is 2.23. The van der Waals surface area contributed by atoms with Gasteiger partial charge in [-0.2, -0.15) is 0 Å². The molecule has 0 bridgehead atoms. The number of benzene rings is 1. The fourth-order valence-corrected chi connectivity index (χ4v) is 2.08. The molecule has 0 aliphatic heterocycles. The number of pyridine rings is 1. The number of carbonyl (C=O) groups is 1. The van der Waals surface area contributed by atoms with Crippen LogP contribution in [0.2, 0.25) is 5.15 Å². The van der Waals surface area contributed by atoms with Crippen LogP contribution in [0.4, 0.5) is 5.69 Å². The summed E-state index contributed by atoms with van der Waals surface area (Å²) in [4.78, 5) is 16.2. The van der Waals surface area contributed by atoms with Gasteiger partial charge in [0.25, 0.3) is 0 Å². The van der Waals surface area contributed by atoms with E-state index in [-0.39, 0.29) is 19.1 Å². The molecule has 0 aliphatic carbocycles. The number of rotatable bonds is 8. The third kappa shape index (κ3) is 4.92. The average Bonchev–Trinajstić information content (AvgIpc) is 2.51. The van der Waals surface area contributed by atoms with Crippen molar-refractivity contribution in [3.63, 3.8) is 0 Å². The first kappa shape index (κ1) is 16.6. The minimum absolute atomic E-state index is 0.00285. The molecule has 0 spiro atoms. The SMILES string of the molecule is O=C(CNCCOCCO)Nc1cccc2ccc(Cl)nc12. The van der Waals surface area contributed by atoms with E-state index in [0.717, 1.165) is 5.39 Å². The molecule has 0 radical (unpaired) electrons. The van der Waals surface area contributed by atoms with Gasteiger partial charge >= 0.3 is 0 Å². The minimum Gasteiger partial charge on any atom is -0.394 e. The largest absolute Gasteiger partial charge is 0.394 e. The second kappa shape index (κ2) is 8.65. The zero-order valence-electron chi connectivity index (χ0n) is 12.0. The van der Waals surface area contributed by atoms with Gasteiger partial charge in [0.15, 0.2) is 0 Å². The molecule has 7 heteroatoms. The summed E-state index contributed by atoms with van der Waals surface area (Å²) in [5.74, 6) is -0.170. The summed E-state index contributed by atoms with van der Waals surface area (Å²) in [6.07, 6.45) is 0. The molecular weight excluding hydrogens is 306 g/mol. The summed E-state index contributed by atoms with van der Waals surface area (Å²) < 4.78 is 5.08. The van der Waals surface area contributed by atoms with Crippen molar-refractivity contribution in [3.8, 4) is 0 Å². The van der Waals surface area contributed by atoms with Gasteiger partial charge in [-0.3, -0.25) is 4.79 Å². The highest BCUT2D eigenvalue weighted by molar-refractivity contribution is 6.29. The summed E-state index contributed by atoms with van der Waals surface area (Å²) in [6, 6.07) is 9.11. The van der Waals surface area contributed by atoms with Gasteiger partial charge in [0.2, 0.25) is 5.91 Å². The second-order valence-corrected chi connectivity index (χ2v) is 4.96. The lowest BCUT2D eigenvalue weighted by Gasteiger charge is -2.09. The summed E-state index contributed by atoms with van der Waals surface area (Å²) >= 11 is 5.90. The summed E-state index contributed by atoms with van der Waals surface area (Å²) in [5, 5.41) is 15.6. The first-order chi connectivity index (χ1) is 10.7. The van der Waals surface area contributed by atoms with Crippen molar-refractivity contribution in [1.82, 2.24) is 10.3 Å². The number of ether oxygens (including phenoxy) is 1. The first-order valence-corrected chi connectivity index (χ1v) is 7.33. The van der Waals surface area contributed by atoms with Crippen LogP contribution < -0.4 is 10.6 Å². The van der Waals surface area contributed by atoms with Crippen molar-refractivity contribution in [3.05, 3.63) is 35.5 Å². The second-order valence-electron chi connectivity index (χ2n) is 4.57. The van der Waals surface area contributed by atoms with Gasteiger partial charge in [-0.05, 0) is 18.2 Å². The van der Waals surface area contributed by atoms with E-state index in [1.54, 1.807) is 12.1 Å². The Bertz CT molecular complexity index is 636. The van der Waals surface area contributed by atoms with Crippen LogP contribution in [0.15, 0.2) is 30.3 Å². The van der Waals surface area contributed by atoms with Crippen LogP contribution in [0.25, 0.3) is 10.9 Å². The van der Waals surface area contributed by atoms with Gasteiger partial charge in [-0.25, -0.2) is 4.98 Å². The fourth-order valence-electron chi connectivity index (χ4n) is 1.93. The van der Waals surface area contributed by atoms with Gasteiger partial charge in [0.05, 0.1) is 37.6 Å². The molecule has 6 nitrogen and oxygen atoms in total.